The Morgan fingerprint density at radius 3 is 1.69 bits per heavy atom. The minimum Gasteiger partial charge on any atom is -0.264 e. The number of imidazole rings is 1. The Balaban J connectivity index is 1.70. The number of fused-ring (bicyclic) bond motifs is 1. The standard InChI is InChI=1S/C39H32N3/c1-27-22-23-40-26-35(27)39-41(3)37-28(2)14-13-21-36(37)42(39)38-33(30-17-9-5-10-18-30)24-32(29-15-7-4-8-16-29)25-34(38)31-19-11-6-12-20-31/h4-26H,1-3H3/q+1. The first kappa shape index (κ1) is 25.7. The Kier molecular flexibility index (Phi) is 6.48. The van der Waals surface area contributed by atoms with E-state index >= 15 is 0 Å². The summed E-state index contributed by atoms with van der Waals surface area (Å²) < 4.78 is 4.80. The summed E-state index contributed by atoms with van der Waals surface area (Å²) in [6, 6.07) is 45.6. The van der Waals surface area contributed by atoms with E-state index in [1.807, 2.05) is 12.4 Å². The number of hydrogen-bond donors (Lipinski definition) is 0. The van der Waals surface area contributed by atoms with Crippen molar-refractivity contribution in [3.05, 3.63) is 151 Å². The number of aryl methyl sites for hydroxylation is 3. The van der Waals surface area contributed by atoms with Crippen molar-refractivity contribution in [3.8, 4) is 50.5 Å². The lowest BCUT2D eigenvalue weighted by atomic mass is 9.90. The molecule has 5 aromatic carbocycles. The number of aromatic nitrogens is 3. The fraction of sp³-hybridized carbons (Fsp3) is 0.0769. The second-order valence-corrected chi connectivity index (χ2v) is 10.9. The van der Waals surface area contributed by atoms with Gasteiger partial charge in [0.25, 0.3) is 5.82 Å². The van der Waals surface area contributed by atoms with Crippen molar-refractivity contribution in [2.45, 2.75) is 13.8 Å². The Bertz CT molecular complexity index is 1980. The summed E-state index contributed by atoms with van der Waals surface area (Å²) in [4.78, 5) is 4.58. The van der Waals surface area contributed by atoms with Gasteiger partial charge >= 0.3 is 0 Å². The Hall–Kier alpha value is -5.28. The lowest BCUT2D eigenvalue weighted by molar-refractivity contribution is -0.634. The molecule has 0 amide bonds. The van der Waals surface area contributed by atoms with Crippen LogP contribution < -0.4 is 4.57 Å². The molecule has 0 aliphatic heterocycles. The van der Waals surface area contributed by atoms with Crippen molar-refractivity contribution in [1.82, 2.24) is 9.55 Å². The summed E-state index contributed by atoms with van der Waals surface area (Å²) in [7, 11) is 2.18. The molecule has 7 rings (SSSR count). The third kappa shape index (κ3) is 4.31. The quantitative estimate of drug-likeness (QED) is 0.199. The summed E-state index contributed by atoms with van der Waals surface area (Å²) in [5.74, 6) is 1.10. The molecule has 202 valence electrons. The molecule has 0 aliphatic rings. The highest BCUT2D eigenvalue weighted by molar-refractivity contribution is 5.94. The van der Waals surface area contributed by atoms with Crippen LogP contribution in [0.4, 0.5) is 0 Å². The maximum Gasteiger partial charge on any atom is 0.296 e. The van der Waals surface area contributed by atoms with Crippen molar-refractivity contribution < 1.29 is 4.57 Å². The van der Waals surface area contributed by atoms with Gasteiger partial charge in [0.2, 0.25) is 0 Å². The molecule has 0 spiro atoms. The second-order valence-electron chi connectivity index (χ2n) is 10.9. The zero-order chi connectivity index (χ0) is 28.6. The molecule has 0 aliphatic carbocycles. The highest BCUT2D eigenvalue weighted by Gasteiger charge is 2.32. The van der Waals surface area contributed by atoms with E-state index in [4.69, 9.17) is 0 Å². The van der Waals surface area contributed by atoms with E-state index in [-0.39, 0.29) is 0 Å². The van der Waals surface area contributed by atoms with Gasteiger partial charge in [-0.05, 0) is 65.9 Å². The predicted molar refractivity (Wildman–Crippen MR) is 173 cm³/mol. The van der Waals surface area contributed by atoms with Crippen LogP contribution in [0.15, 0.2) is 140 Å². The molecule has 0 atom stereocenters. The summed E-state index contributed by atoms with van der Waals surface area (Å²) in [5.41, 5.74) is 14.2. The van der Waals surface area contributed by atoms with Crippen molar-refractivity contribution in [2.24, 2.45) is 7.05 Å². The molecular weight excluding hydrogens is 510 g/mol. The highest BCUT2D eigenvalue weighted by atomic mass is 15.2. The van der Waals surface area contributed by atoms with Gasteiger partial charge in [0.15, 0.2) is 11.0 Å². The lowest BCUT2D eigenvalue weighted by Gasteiger charge is -2.18. The average Bonchev–Trinajstić information content (AvgIpc) is 3.34. The van der Waals surface area contributed by atoms with E-state index in [0.717, 1.165) is 22.6 Å². The molecule has 0 radical (unpaired) electrons. The first-order valence-electron chi connectivity index (χ1n) is 14.4. The third-order valence-corrected chi connectivity index (χ3v) is 8.21. The molecule has 0 unspecified atom stereocenters. The molecule has 3 heteroatoms. The molecule has 0 saturated carbocycles. The van der Waals surface area contributed by atoms with Crippen molar-refractivity contribution in [3.63, 3.8) is 0 Å². The van der Waals surface area contributed by atoms with Gasteiger partial charge in [0.05, 0.1) is 12.6 Å². The van der Waals surface area contributed by atoms with Crippen LogP contribution in [0.2, 0.25) is 0 Å². The van der Waals surface area contributed by atoms with Gasteiger partial charge in [-0.15, -0.1) is 0 Å². The number of pyridine rings is 1. The fourth-order valence-corrected chi connectivity index (χ4v) is 6.20. The minimum atomic E-state index is 1.10. The topological polar surface area (TPSA) is 21.7 Å². The molecule has 0 bridgehead atoms. The average molecular weight is 543 g/mol. The van der Waals surface area contributed by atoms with Gasteiger partial charge in [-0.3, -0.25) is 4.98 Å². The molecule has 7 aromatic rings. The number of rotatable bonds is 5. The smallest absolute Gasteiger partial charge is 0.264 e. The van der Waals surface area contributed by atoms with Crippen LogP contribution in [0.25, 0.3) is 61.5 Å². The molecule has 2 aromatic heterocycles. The van der Waals surface area contributed by atoms with Crippen LogP contribution in [0.3, 0.4) is 0 Å². The molecule has 0 N–H and O–H groups in total. The van der Waals surface area contributed by atoms with Gasteiger partial charge in [-0.2, -0.15) is 4.57 Å². The van der Waals surface area contributed by atoms with Crippen LogP contribution in [-0.4, -0.2) is 9.55 Å². The summed E-state index contributed by atoms with van der Waals surface area (Å²) >= 11 is 0. The van der Waals surface area contributed by atoms with E-state index in [1.54, 1.807) is 0 Å². The summed E-state index contributed by atoms with van der Waals surface area (Å²) in [6.45, 7) is 4.36. The van der Waals surface area contributed by atoms with Crippen LogP contribution in [-0.2, 0) is 7.05 Å². The van der Waals surface area contributed by atoms with E-state index < -0.39 is 0 Å². The first-order valence-corrected chi connectivity index (χ1v) is 14.4. The monoisotopic (exact) mass is 542 g/mol. The molecule has 0 fully saturated rings. The number of benzene rings is 5. The van der Waals surface area contributed by atoms with Crippen LogP contribution in [0, 0.1) is 13.8 Å². The first-order chi connectivity index (χ1) is 20.6. The van der Waals surface area contributed by atoms with Crippen molar-refractivity contribution in [2.75, 3.05) is 0 Å². The van der Waals surface area contributed by atoms with Crippen LogP contribution in [0.1, 0.15) is 11.1 Å². The Labute approximate surface area is 247 Å². The lowest BCUT2D eigenvalue weighted by Crippen LogP contribution is -2.31. The number of hydrogen-bond acceptors (Lipinski definition) is 1. The number of para-hydroxylation sites is 1. The summed E-state index contributed by atoms with van der Waals surface area (Å²) in [5, 5.41) is 0. The molecular formula is C39H32N3+. The van der Waals surface area contributed by atoms with Crippen molar-refractivity contribution >= 4 is 11.0 Å². The Morgan fingerprint density at radius 2 is 1.12 bits per heavy atom. The van der Waals surface area contributed by atoms with Crippen LogP contribution in [0.5, 0.6) is 0 Å². The molecule has 3 nitrogen and oxygen atoms in total. The minimum absolute atomic E-state index is 1.10. The van der Waals surface area contributed by atoms with Gasteiger partial charge in [-0.1, -0.05) is 103 Å². The third-order valence-electron chi connectivity index (χ3n) is 8.21. The van der Waals surface area contributed by atoms with Gasteiger partial charge in [0, 0.05) is 29.1 Å². The fourth-order valence-electron chi connectivity index (χ4n) is 6.20. The maximum absolute atomic E-state index is 4.58. The van der Waals surface area contributed by atoms with Gasteiger partial charge < -0.3 is 0 Å². The second kappa shape index (κ2) is 10.6. The van der Waals surface area contributed by atoms with E-state index in [1.165, 1.54) is 50.0 Å². The van der Waals surface area contributed by atoms with E-state index in [2.05, 4.69) is 162 Å². The molecule has 0 saturated heterocycles. The molecule has 42 heavy (non-hydrogen) atoms. The largest absolute Gasteiger partial charge is 0.296 e. The molecule has 2 heterocycles. The SMILES string of the molecule is Cc1ccncc1-c1n(-c2c(-c3ccccc3)cc(-c3ccccc3)cc2-c2ccccc2)c2cccc(C)c2[n+]1C. The highest BCUT2D eigenvalue weighted by Crippen LogP contribution is 2.43. The zero-order valence-electron chi connectivity index (χ0n) is 24.1. The van der Waals surface area contributed by atoms with Crippen LogP contribution >= 0.6 is 0 Å². The Morgan fingerprint density at radius 1 is 0.548 bits per heavy atom. The normalized spacial score (nSPS) is 11.2. The zero-order valence-corrected chi connectivity index (χ0v) is 24.1. The van der Waals surface area contributed by atoms with E-state index in [0.29, 0.717) is 0 Å². The number of nitrogens with zero attached hydrogens (tertiary/aromatic N) is 3. The summed E-state index contributed by atoms with van der Waals surface area (Å²) in [6.07, 6.45) is 3.87. The predicted octanol–water partition coefficient (Wildman–Crippen LogP) is 9.13. The van der Waals surface area contributed by atoms with E-state index in [9.17, 15) is 0 Å². The van der Waals surface area contributed by atoms with Crippen molar-refractivity contribution in [1.29, 1.82) is 0 Å². The maximum atomic E-state index is 4.58. The van der Waals surface area contributed by atoms with Gasteiger partial charge in [-0.25, -0.2) is 4.57 Å². The van der Waals surface area contributed by atoms with Gasteiger partial charge in [0.1, 0.15) is 5.69 Å².